The highest BCUT2D eigenvalue weighted by atomic mass is 32.1. The van der Waals surface area contributed by atoms with Crippen molar-refractivity contribution in [2.75, 3.05) is 24.5 Å². The highest BCUT2D eigenvalue weighted by Gasteiger charge is 2.20. The molecule has 1 aliphatic heterocycles. The normalized spacial score (nSPS) is 24.7. The minimum atomic E-state index is -0.0286. The molecule has 1 aromatic heterocycles. The van der Waals surface area contributed by atoms with Crippen LogP contribution in [0.3, 0.4) is 0 Å². The number of urea groups is 1. The van der Waals surface area contributed by atoms with E-state index in [1.165, 1.54) is 25.7 Å². The van der Waals surface area contributed by atoms with Gasteiger partial charge in [0.05, 0.1) is 5.69 Å². The molecule has 0 aromatic carbocycles. The summed E-state index contributed by atoms with van der Waals surface area (Å²) >= 11 is 1.72. The van der Waals surface area contributed by atoms with Gasteiger partial charge >= 0.3 is 6.03 Å². The highest BCUT2D eigenvalue weighted by Crippen LogP contribution is 2.24. The molecule has 2 atom stereocenters. The molecule has 0 radical (unpaired) electrons. The molecule has 1 aromatic rings. The van der Waals surface area contributed by atoms with Crippen LogP contribution < -0.4 is 15.5 Å². The van der Waals surface area contributed by atoms with Crippen molar-refractivity contribution in [2.24, 2.45) is 5.92 Å². The van der Waals surface area contributed by atoms with E-state index < -0.39 is 0 Å². The molecular formula is C17H28N4OS. The summed E-state index contributed by atoms with van der Waals surface area (Å²) in [6, 6.07) is 0.318. The lowest BCUT2D eigenvalue weighted by molar-refractivity contribution is 0.227. The summed E-state index contributed by atoms with van der Waals surface area (Å²) in [5.74, 6) is 0.730. The van der Waals surface area contributed by atoms with Crippen molar-refractivity contribution in [3.05, 3.63) is 11.1 Å². The van der Waals surface area contributed by atoms with Gasteiger partial charge in [0, 0.05) is 37.5 Å². The molecule has 128 valence electrons. The fraction of sp³-hybridized carbons (Fsp3) is 0.765. The van der Waals surface area contributed by atoms with E-state index in [0.29, 0.717) is 12.6 Å². The van der Waals surface area contributed by atoms with Crippen molar-refractivity contribution in [3.8, 4) is 0 Å². The van der Waals surface area contributed by atoms with Crippen LogP contribution in [0.4, 0.5) is 9.93 Å². The fourth-order valence-electron chi connectivity index (χ4n) is 3.57. The number of carbonyl (C=O) groups excluding carboxylic acids is 1. The largest absolute Gasteiger partial charge is 0.348 e. The van der Waals surface area contributed by atoms with Gasteiger partial charge in [-0.1, -0.05) is 19.8 Å². The molecule has 2 aliphatic rings. The van der Waals surface area contributed by atoms with Crippen molar-refractivity contribution < 1.29 is 4.79 Å². The second-order valence-corrected chi connectivity index (χ2v) is 7.77. The predicted molar refractivity (Wildman–Crippen MR) is 95.2 cm³/mol. The van der Waals surface area contributed by atoms with Crippen LogP contribution in [0.1, 0.15) is 51.1 Å². The van der Waals surface area contributed by atoms with Gasteiger partial charge in [0.1, 0.15) is 0 Å². The average Bonchev–Trinajstić information content (AvgIpc) is 3.18. The number of nitrogens with zero attached hydrogens (tertiary/aromatic N) is 2. The maximum absolute atomic E-state index is 12.0. The van der Waals surface area contributed by atoms with E-state index >= 15 is 0 Å². The number of hydrogen-bond donors (Lipinski definition) is 2. The lowest BCUT2D eigenvalue weighted by Crippen LogP contribution is -2.44. The molecule has 6 heteroatoms. The van der Waals surface area contributed by atoms with E-state index in [0.717, 1.165) is 49.1 Å². The van der Waals surface area contributed by atoms with Crippen LogP contribution in [0.25, 0.3) is 0 Å². The van der Waals surface area contributed by atoms with Crippen molar-refractivity contribution in [2.45, 2.75) is 57.9 Å². The Morgan fingerprint density at radius 1 is 1.35 bits per heavy atom. The third-order valence-electron chi connectivity index (χ3n) is 4.85. The first kappa shape index (κ1) is 16.6. The van der Waals surface area contributed by atoms with Crippen molar-refractivity contribution >= 4 is 22.5 Å². The third-order valence-corrected chi connectivity index (χ3v) is 5.80. The highest BCUT2D eigenvalue weighted by molar-refractivity contribution is 7.13. The van der Waals surface area contributed by atoms with E-state index in [2.05, 4.69) is 32.8 Å². The summed E-state index contributed by atoms with van der Waals surface area (Å²) < 4.78 is 0. The Morgan fingerprint density at radius 3 is 2.96 bits per heavy atom. The summed E-state index contributed by atoms with van der Waals surface area (Å²) in [6.07, 6.45) is 8.10. The Bertz CT molecular complexity index is 512. The monoisotopic (exact) mass is 336 g/mol. The van der Waals surface area contributed by atoms with Crippen LogP contribution in [0.5, 0.6) is 0 Å². The van der Waals surface area contributed by atoms with Crippen molar-refractivity contribution in [1.29, 1.82) is 0 Å². The SMILES string of the molecule is C[C@H]1CCC[C@@H](NC(=O)NCCc2csc(N3CCCC3)n2)C1. The standard InChI is InChI=1S/C17H28N4OS/c1-13-5-4-6-14(11-13)19-16(22)18-8-7-15-12-23-17(20-15)21-9-2-3-10-21/h12-14H,2-11H2,1H3,(H2,18,19,22)/t13-,14+/m0/s1. The molecule has 1 saturated heterocycles. The summed E-state index contributed by atoms with van der Waals surface area (Å²) in [7, 11) is 0. The molecule has 0 unspecified atom stereocenters. The molecule has 23 heavy (non-hydrogen) atoms. The minimum Gasteiger partial charge on any atom is -0.348 e. The number of rotatable bonds is 5. The Hall–Kier alpha value is -1.30. The van der Waals surface area contributed by atoms with Gasteiger partial charge in [-0.05, 0) is 31.6 Å². The number of anilines is 1. The van der Waals surface area contributed by atoms with Crippen LogP contribution >= 0.6 is 11.3 Å². The maximum atomic E-state index is 12.0. The Balaban J connectivity index is 1.36. The van der Waals surface area contributed by atoms with Crippen LogP contribution in [0.2, 0.25) is 0 Å². The summed E-state index contributed by atoms with van der Waals surface area (Å²) in [5.41, 5.74) is 1.09. The number of thiazole rings is 1. The van der Waals surface area contributed by atoms with Gasteiger partial charge in [-0.15, -0.1) is 11.3 Å². The number of carbonyl (C=O) groups is 1. The van der Waals surface area contributed by atoms with E-state index in [-0.39, 0.29) is 6.03 Å². The van der Waals surface area contributed by atoms with Crippen molar-refractivity contribution in [1.82, 2.24) is 15.6 Å². The second kappa shape index (κ2) is 7.99. The van der Waals surface area contributed by atoms with E-state index in [1.54, 1.807) is 11.3 Å². The van der Waals surface area contributed by atoms with Crippen molar-refractivity contribution in [3.63, 3.8) is 0 Å². The quantitative estimate of drug-likeness (QED) is 0.868. The first-order valence-electron chi connectivity index (χ1n) is 8.94. The number of nitrogens with one attached hydrogen (secondary N) is 2. The molecule has 3 rings (SSSR count). The molecule has 2 heterocycles. The van der Waals surface area contributed by atoms with Gasteiger partial charge in [0.2, 0.25) is 0 Å². The fourth-order valence-corrected chi connectivity index (χ4v) is 4.48. The second-order valence-electron chi connectivity index (χ2n) is 6.93. The smallest absolute Gasteiger partial charge is 0.315 e. The Labute approximate surface area is 142 Å². The minimum absolute atomic E-state index is 0.0286. The first-order chi connectivity index (χ1) is 11.2. The van der Waals surface area contributed by atoms with Gasteiger partial charge in [0.15, 0.2) is 5.13 Å². The lowest BCUT2D eigenvalue weighted by atomic mass is 9.87. The van der Waals surface area contributed by atoms with E-state index in [1.807, 2.05) is 0 Å². The lowest BCUT2D eigenvalue weighted by Gasteiger charge is -2.27. The van der Waals surface area contributed by atoms with E-state index in [4.69, 9.17) is 0 Å². The van der Waals surface area contributed by atoms with E-state index in [9.17, 15) is 4.79 Å². The summed E-state index contributed by atoms with van der Waals surface area (Å²) in [6.45, 7) is 5.18. The molecule has 1 saturated carbocycles. The van der Waals surface area contributed by atoms with Gasteiger partial charge in [-0.2, -0.15) is 0 Å². The van der Waals surface area contributed by atoms with Gasteiger partial charge in [-0.3, -0.25) is 0 Å². The summed E-state index contributed by atoms with van der Waals surface area (Å²) in [4.78, 5) is 19.0. The summed E-state index contributed by atoms with van der Waals surface area (Å²) in [5, 5.41) is 9.34. The predicted octanol–water partition coefficient (Wildman–Crippen LogP) is 3.16. The Morgan fingerprint density at radius 2 is 2.17 bits per heavy atom. The number of hydrogen-bond acceptors (Lipinski definition) is 4. The zero-order chi connectivity index (χ0) is 16.1. The third kappa shape index (κ3) is 4.83. The van der Waals surface area contributed by atoms with Gasteiger partial charge in [0.25, 0.3) is 0 Å². The topological polar surface area (TPSA) is 57.3 Å². The zero-order valence-electron chi connectivity index (χ0n) is 14.0. The molecule has 2 N–H and O–H groups in total. The molecule has 5 nitrogen and oxygen atoms in total. The molecule has 0 spiro atoms. The van der Waals surface area contributed by atoms with Gasteiger partial charge in [-0.25, -0.2) is 9.78 Å². The van der Waals surface area contributed by atoms with Crippen LogP contribution in [0, 0.1) is 5.92 Å². The molecule has 1 aliphatic carbocycles. The first-order valence-corrected chi connectivity index (χ1v) is 9.82. The molecular weight excluding hydrogens is 308 g/mol. The molecule has 0 bridgehead atoms. The Kier molecular flexibility index (Phi) is 5.75. The van der Waals surface area contributed by atoms with Crippen LogP contribution in [-0.4, -0.2) is 36.7 Å². The average molecular weight is 337 g/mol. The maximum Gasteiger partial charge on any atom is 0.315 e. The van der Waals surface area contributed by atoms with Crippen LogP contribution in [0.15, 0.2) is 5.38 Å². The number of amides is 2. The zero-order valence-corrected chi connectivity index (χ0v) is 14.8. The molecule has 2 amide bonds. The van der Waals surface area contributed by atoms with Crippen LogP contribution in [-0.2, 0) is 6.42 Å². The molecule has 2 fully saturated rings. The number of aromatic nitrogens is 1. The van der Waals surface area contributed by atoms with Gasteiger partial charge < -0.3 is 15.5 Å².